The topological polar surface area (TPSA) is 94.3 Å². The molecule has 126 valence electrons. The second kappa shape index (κ2) is 8.21. The number of carbonyl (C=O) groups is 2. The Morgan fingerprint density at radius 1 is 1.29 bits per heavy atom. The normalized spacial score (nSPS) is 11.8. The lowest BCUT2D eigenvalue weighted by Gasteiger charge is -2.16. The molecule has 24 heavy (non-hydrogen) atoms. The number of carbonyl (C=O) groups excluding carboxylic acids is 2. The lowest BCUT2D eigenvalue weighted by Crippen LogP contribution is -2.37. The summed E-state index contributed by atoms with van der Waals surface area (Å²) in [4.78, 5) is 28.2. The van der Waals surface area contributed by atoms with E-state index in [-0.39, 0.29) is 11.9 Å². The first-order valence-corrected chi connectivity index (χ1v) is 7.71. The summed E-state index contributed by atoms with van der Waals surface area (Å²) in [5, 5.41) is 2.92. The number of pyridine rings is 1. The van der Waals surface area contributed by atoms with Gasteiger partial charge in [-0.2, -0.15) is 0 Å². The summed E-state index contributed by atoms with van der Waals surface area (Å²) < 4.78 is 5.09. The Hall–Kier alpha value is -2.73. The third-order valence-electron chi connectivity index (χ3n) is 3.67. The maximum Gasteiger partial charge on any atom is 0.251 e. The van der Waals surface area contributed by atoms with Gasteiger partial charge in [0.25, 0.3) is 11.8 Å². The summed E-state index contributed by atoms with van der Waals surface area (Å²) in [6.07, 6.45) is 2.35. The molecule has 3 N–H and O–H groups in total. The minimum absolute atomic E-state index is 0.0535. The first-order chi connectivity index (χ1) is 11.6. The number of ether oxygens (including phenoxy) is 1. The summed E-state index contributed by atoms with van der Waals surface area (Å²) in [6.45, 7) is 2.43. The zero-order chi connectivity index (χ0) is 17.5. The zero-order valence-electron chi connectivity index (χ0n) is 13.8. The molecular weight excluding hydrogens is 306 g/mol. The van der Waals surface area contributed by atoms with E-state index in [4.69, 9.17) is 10.5 Å². The fraction of sp³-hybridized carbons (Fsp3) is 0.278. The van der Waals surface area contributed by atoms with Crippen molar-refractivity contribution in [3.8, 4) is 11.3 Å². The smallest absolute Gasteiger partial charge is 0.251 e. The van der Waals surface area contributed by atoms with Gasteiger partial charge in [0, 0.05) is 24.4 Å². The van der Waals surface area contributed by atoms with Crippen molar-refractivity contribution in [3.05, 3.63) is 53.7 Å². The van der Waals surface area contributed by atoms with Crippen LogP contribution in [0.25, 0.3) is 11.3 Å². The van der Waals surface area contributed by atoms with Crippen molar-refractivity contribution in [1.29, 1.82) is 0 Å². The van der Waals surface area contributed by atoms with Crippen LogP contribution in [0, 0.1) is 0 Å². The maximum atomic E-state index is 12.4. The number of methoxy groups -OCH3 is 1. The van der Waals surface area contributed by atoms with Gasteiger partial charge in [-0.05, 0) is 30.7 Å². The Kier molecular flexibility index (Phi) is 6.03. The highest BCUT2D eigenvalue weighted by Crippen LogP contribution is 2.22. The van der Waals surface area contributed by atoms with Crippen molar-refractivity contribution in [2.24, 2.45) is 5.73 Å². The van der Waals surface area contributed by atoms with Gasteiger partial charge < -0.3 is 15.8 Å². The Morgan fingerprint density at radius 3 is 2.75 bits per heavy atom. The molecule has 2 amide bonds. The molecule has 0 aliphatic rings. The van der Waals surface area contributed by atoms with E-state index >= 15 is 0 Å². The predicted octanol–water partition coefficient (Wildman–Crippen LogP) is 2.00. The van der Waals surface area contributed by atoms with Gasteiger partial charge in [-0.15, -0.1) is 0 Å². The van der Waals surface area contributed by atoms with Crippen LogP contribution in [0.3, 0.4) is 0 Å². The number of rotatable bonds is 7. The molecule has 2 rings (SSSR count). The summed E-state index contributed by atoms with van der Waals surface area (Å²) in [6, 6.07) is 10.2. The van der Waals surface area contributed by atoms with E-state index in [0.29, 0.717) is 29.0 Å². The molecule has 0 saturated carbocycles. The van der Waals surface area contributed by atoms with Crippen LogP contribution < -0.4 is 11.1 Å². The molecule has 1 atom stereocenters. The Balaban J connectivity index is 2.29. The second-order valence-corrected chi connectivity index (χ2v) is 5.38. The zero-order valence-corrected chi connectivity index (χ0v) is 13.8. The first kappa shape index (κ1) is 17.6. The van der Waals surface area contributed by atoms with Crippen LogP contribution in [0.5, 0.6) is 0 Å². The van der Waals surface area contributed by atoms with E-state index in [0.717, 1.165) is 6.42 Å². The monoisotopic (exact) mass is 327 g/mol. The van der Waals surface area contributed by atoms with E-state index in [1.54, 1.807) is 49.7 Å². The highest BCUT2D eigenvalue weighted by Gasteiger charge is 2.15. The largest absolute Gasteiger partial charge is 0.383 e. The van der Waals surface area contributed by atoms with Crippen LogP contribution in [-0.2, 0) is 4.74 Å². The molecule has 2 aromatic rings. The summed E-state index contributed by atoms with van der Waals surface area (Å²) in [5.74, 6) is -0.753. The van der Waals surface area contributed by atoms with Crippen LogP contribution in [0.15, 0.2) is 42.6 Å². The van der Waals surface area contributed by atoms with E-state index in [1.165, 1.54) is 0 Å². The number of nitrogens with one attached hydrogen (secondary N) is 1. The van der Waals surface area contributed by atoms with Gasteiger partial charge in [0.15, 0.2) is 0 Å². The van der Waals surface area contributed by atoms with Crippen molar-refractivity contribution in [3.63, 3.8) is 0 Å². The molecule has 1 heterocycles. The molecule has 0 bridgehead atoms. The van der Waals surface area contributed by atoms with Crippen LogP contribution in [0.2, 0.25) is 0 Å². The Labute approximate surface area is 141 Å². The van der Waals surface area contributed by atoms with Crippen molar-refractivity contribution in [2.75, 3.05) is 13.7 Å². The molecule has 0 unspecified atom stereocenters. The summed E-state index contributed by atoms with van der Waals surface area (Å²) in [5.41, 5.74) is 7.33. The highest BCUT2D eigenvalue weighted by atomic mass is 16.5. The molecule has 0 spiro atoms. The maximum absolute atomic E-state index is 12.4. The van der Waals surface area contributed by atoms with Crippen LogP contribution >= 0.6 is 0 Å². The third-order valence-corrected chi connectivity index (χ3v) is 3.67. The van der Waals surface area contributed by atoms with Crippen LogP contribution in [0.4, 0.5) is 0 Å². The van der Waals surface area contributed by atoms with Gasteiger partial charge in [0.2, 0.25) is 0 Å². The molecule has 6 heteroatoms. The first-order valence-electron chi connectivity index (χ1n) is 7.71. The number of hydrogen-bond acceptors (Lipinski definition) is 4. The third kappa shape index (κ3) is 4.17. The van der Waals surface area contributed by atoms with Gasteiger partial charge in [-0.1, -0.05) is 19.1 Å². The van der Waals surface area contributed by atoms with E-state index < -0.39 is 5.91 Å². The standard InChI is InChI=1S/C18H21N3O3/c1-3-14(11-24-2)21-18(23)13-7-4-6-12(10-13)16-15(17(19)22)8-5-9-20-16/h4-10,14H,3,11H2,1-2H3,(H2,19,22)(H,21,23)/t14-/m1/s1. The molecule has 1 aromatic heterocycles. The van der Waals surface area contributed by atoms with E-state index in [2.05, 4.69) is 10.3 Å². The minimum Gasteiger partial charge on any atom is -0.383 e. The molecule has 6 nitrogen and oxygen atoms in total. The Morgan fingerprint density at radius 2 is 2.08 bits per heavy atom. The molecule has 0 saturated heterocycles. The quantitative estimate of drug-likeness (QED) is 0.813. The number of primary amides is 1. The van der Waals surface area contributed by atoms with Gasteiger partial charge >= 0.3 is 0 Å². The van der Waals surface area contributed by atoms with Crippen molar-refractivity contribution in [1.82, 2.24) is 10.3 Å². The number of aromatic nitrogens is 1. The number of amides is 2. The van der Waals surface area contributed by atoms with Gasteiger partial charge in [0.05, 0.1) is 23.9 Å². The number of hydrogen-bond donors (Lipinski definition) is 2. The molecule has 0 fully saturated rings. The molecule has 1 aromatic carbocycles. The number of nitrogens with zero attached hydrogens (tertiary/aromatic N) is 1. The van der Waals surface area contributed by atoms with E-state index in [1.807, 2.05) is 6.92 Å². The minimum atomic E-state index is -0.556. The van der Waals surface area contributed by atoms with Crippen molar-refractivity contribution >= 4 is 11.8 Å². The van der Waals surface area contributed by atoms with Crippen molar-refractivity contribution in [2.45, 2.75) is 19.4 Å². The number of benzene rings is 1. The lowest BCUT2D eigenvalue weighted by atomic mass is 10.0. The number of nitrogens with two attached hydrogens (primary N) is 1. The van der Waals surface area contributed by atoms with Gasteiger partial charge in [-0.25, -0.2) is 0 Å². The van der Waals surface area contributed by atoms with Crippen molar-refractivity contribution < 1.29 is 14.3 Å². The molecular formula is C18H21N3O3. The fourth-order valence-electron chi connectivity index (χ4n) is 2.37. The van der Waals surface area contributed by atoms with Gasteiger partial charge in [-0.3, -0.25) is 14.6 Å². The SMILES string of the molecule is CC[C@H](COC)NC(=O)c1cccc(-c2ncccc2C(N)=O)c1. The fourth-order valence-corrected chi connectivity index (χ4v) is 2.37. The average Bonchev–Trinajstić information content (AvgIpc) is 2.61. The molecule has 0 radical (unpaired) electrons. The summed E-state index contributed by atoms with van der Waals surface area (Å²) in [7, 11) is 1.60. The van der Waals surface area contributed by atoms with Crippen LogP contribution in [-0.4, -0.2) is 36.6 Å². The predicted molar refractivity (Wildman–Crippen MR) is 91.6 cm³/mol. The lowest BCUT2D eigenvalue weighted by molar-refractivity contribution is 0.0894. The highest BCUT2D eigenvalue weighted by molar-refractivity contribution is 6.00. The van der Waals surface area contributed by atoms with Gasteiger partial charge in [0.1, 0.15) is 0 Å². The van der Waals surface area contributed by atoms with E-state index in [9.17, 15) is 9.59 Å². The van der Waals surface area contributed by atoms with Crippen LogP contribution in [0.1, 0.15) is 34.1 Å². The molecule has 0 aliphatic heterocycles. The summed E-state index contributed by atoms with van der Waals surface area (Å²) >= 11 is 0. The average molecular weight is 327 g/mol. The molecule has 0 aliphatic carbocycles. The second-order valence-electron chi connectivity index (χ2n) is 5.38. The Bertz CT molecular complexity index is 731.